The van der Waals surface area contributed by atoms with Gasteiger partial charge in [0, 0.05) is 17.8 Å². The molecule has 0 saturated carbocycles. The lowest BCUT2D eigenvalue weighted by Crippen LogP contribution is -2.32. The van der Waals surface area contributed by atoms with Gasteiger partial charge < -0.3 is 10.1 Å². The number of hydrogen-bond donors (Lipinski definition) is 2. The molecule has 2 amide bonds. The average molecular weight is 384 g/mol. The predicted octanol–water partition coefficient (Wildman–Crippen LogP) is 1.86. The van der Waals surface area contributed by atoms with Crippen molar-refractivity contribution in [1.82, 2.24) is 5.43 Å². The zero-order valence-electron chi connectivity index (χ0n) is 14.7. The van der Waals surface area contributed by atoms with Crippen molar-refractivity contribution in [2.75, 3.05) is 11.9 Å². The molecule has 0 atom stereocenters. The van der Waals surface area contributed by atoms with Gasteiger partial charge in [-0.2, -0.15) is 5.10 Å². The predicted molar refractivity (Wildman–Crippen MR) is 99.9 cm³/mol. The van der Waals surface area contributed by atoms with E-state index >= 15 is 0 Å². The molecule has 0 aliphatic heterocycles. The number of hydrogen-bond acceptors (Lipinski definition) is 7. The Balaban J connectivity index is 1.87. The molecule has 10 nitrogen and oxygen atoms in total. The van der Waals surface area contributed by atoms with Gasteiger partial charge in [-0.3, -0.25) is 19.7 Å². The van der Waals surface area contributed by atoms with Crippen LogP contribution in [0.5, 0.6) is 0 Å². The number of anilines is 1. The molecule has 0 unspecified atom stereocenters. The molecule has 0 fully saturated rings. The van der Waals surface area contributed by atoms with E-state index in [-0.39, 0.29) is 12.3 Å². The number of ether oxygens (including phenoxy) is 1. The average Bonchev–Trinajstić information content (AvgIpc) is 2.69. The van der Waals surface area contributed by atoms with Crippen molar-refractivity contribution in [3.63, 3.8) is 0 Å². The van der Waals surface area contributed by atoms with Crippen LogP contribution in [0, 0.1) is 10.1 Å². The Morgan fingerprint density at radius 2 is 1.71 bits per heavy atom. The third kappa shape index (κ3) is 5.73. The van der Waals surface area contributed by atoms with Gasteiger partial charge in [-0.05, 0) is 48.9 Å². The molecule has 28 heavy (non-hydrogen) atoms. The van der Waals surface area contributed by atoms with Crippen LogP contribution in [0.4, 0.5) is 11.4 Å². The number of esters is 1. The molecule has 2 aromatic rings. The van der Waals surface area contributed by atoms with Gasteiger partial charge in [-0.25, -0.2) is 10.2 Å². The van der Waals surface area contributed by atoms with Crippen molar-refractivity contribution in [3.05, 3.63) is 69.8 Å². The molecule has 2 rings (SSSR count). The molecule has 0 aliphatic rings. The number of rotatable bonds is 6. The summed E-state index contributed by atoms with van der Waals surface area (Å²) in [6.45, 7) is 1.94. The fraction of sp³-hybridized carbons (Fsp3) is 0.111. The van der Waals surface area contributed by atoms with E-state index in [0.717, 1.165) is 0 Å². The number of non-ortho nitro benzene ring substituents is 1. The number of carbonyl (C=O) groups is 3. The summed E-state index contributed by atoms with van der Waals surface area (Å²) < 4.78 is 4.85. The van der Waals surface area contributed by atoms with E-state index < -0.39 is 22.7 Å². The zero-order chi connectivity index (χ0) is 20.5. The fourth-order valence-corrected chi connectivity index (χ4v) is 1.99. The minimum Gasteiger partial charge on any atom is -0.462 e. The third-order valence-corrected chi connectivity index (χ3v) is 3.34. The smallest absolute Gasteiger partial charge is 0.338 e. The summed E-state index contributed by atoms with van der Waals surface area (Å²) in [5.74, 6) is -2.45. The third-order valence-electron chi connectivity index (χ3n) is 3.34. The monoisotopic (exact) mass is 384 g/mol. The normalized spacial score (nSPS) is 10.3. The fourth-order valence-electron chi connectivity index (χ4n) is 1.99. The quantitative estimate of drug-likeness (QED) is 0.256. The van der Waals surface area contributed by atoms with Crippen molar-refractivity contribution in [2.24, 2.45) is 5.10 Å². The summed E-state index contributed by atoms with van der Waals surface area (Å²) in [4.78, 5) is 45.2. The number of nitrogens with zero attached hydrogens (tertiary/aromatic N) is 2. The maximum absolute atomic E-state index is 11.8. The zero-order valence-corrected chi connectivity index (χ0v) is 14.7. The Labute approximate surface area is 159 Å². The van der Waals surface area contributed by atoms with Crippen LogP contribution < -0.4 is 10.7 Å². The lowest BCUT2D eigenvalue weighted by molar-refractivity contribution is -0.384. The second kappa shape index (κ2) is 9.57. The van der Waals surface area contributed by atoms with Gasteiger partial charge in [0.25, 0.3) is 5.69 Å². The van der Waals surface area contributed by atoms with Gasteiger partial charge >= 0.3 is 17.8 Å². The van der Waals surface area contributed by atoms with E-state index in [0.29, 0.717) is 16.8 Å². The van der Waals surface area contributed by atoms with E-state index in [4.69, 9.17) is 4.74 Å². The number of nitro benzene ring substituents is 1. The van der Waals surface area contributed by atoms with Gasteiger partial charge in [0.1, 0.15) is 0 Å². The molecule has 2 N–H and O–H groups in total. The summed E-state index contributed by atoms with van der Waals surface area (Å²) in [6, 6.07) is 11.3. The maximum atomic E-state index is 11.8. The van der Waals surface area contributed by atoms with Crippen LogP contribution in [0.2, 0.25) is 0 Å². The minimum absolute atomic E-state index is 0.0745. The highest BCUT2D eigenvalue weighted by Crippen LogP contribution is 2.11. The Morgan fingerprint density at radius 1 is 1.07 bits per heavy atom. The second-order valence-corrected chi connectivity index (χ2v) is 5.30. The van der Waals surface area contributed by atoms with Gasteiger partial charge in [0.05, 0.1) is 23.3 Å². The van der Waals surface area contributed by atoms with Crippen molar-refractivity contribution in [1.29, 1.82) is 0 Å². The van der Waals surface area contributed by atoms with Crippen molar-refractivity contribution >= 4 is 35.4 Å². The van der Waals surface area contributed by atoms with Crippen LogP contribution in [-0.2, 0) is 14.3 Å². The Morgan fingerprint density at radius 3 is 2.29 bits per heavy atom. The topological polar surface area (TPSA) is 140 Å². The second-order valence-electron chi connectivity index (χ2n) is 5.30. The highest BCUT2D eigenvalue weighted by Gasteiger charge is 2.13. The van der Waals surface area contributed by atoms with Crippen LogP contribution in [0.15, 0.2) is 53.6 Å². The lowest BCUT2D eigenvalue weighted by Gasteiger charge is -2.05. The highest BCUT2D eigenvalue weighted by atomic mass is 16.6. The maximum Gasteiger partial charge on any atom is 0.338 e. The number of benzene rings is 2. The molecule has 0 heterocycles. The molecule has 2 aromatic carbocycles. The number of carbonyl (C=O) groups excluding carboxylic acids is 3. The molecule has 0 bridgehead atoms. The Kier molecular flexibility index (Phi) is 6.92. The van der Waals surface area contributed by atoms with E-state index in [1.165, 1.54) is 54.7 Å². The summed E-state index contributed by atoms with van der Waals surface area (Å²) in [7, 11) is 0. The standard InChI is InChI=1S/C18H16N4O6/c1-2-28-18(25)13-5-7-14(8-6-13)20-16(23)17(24)21-19-11-12-3-9-15(10-4-12)22(26)27/h3-11H,2H2,1H3,(H,20,23)(H,21,24)/b19-11+. The first-order chi connectivity index (χ1) is 13.4. The summed E-state index contributed by atoms with van der Waals surface area (Å²) in [5, 5.41) is 16.5. The Bertz CT molecular complexity index is 907. The minimum atomic E-state index is -1.01. The molecular weight excluding hydrogens is 368 g/mol. The highest BCUT2D eigenvalue weighted by molar-refractivity contribution is 6.39. The van der Waals surface area contributed by atoms with Crippen molar-refractivity contribution in [3.8, 4) is 0 Å². The van der Waals surface area contributed by atoms with Gasteiger partial charge in [-0.1, -0.05) is 0 Å². The van der Waals surface area contributed by atoms with Gasteiger partial charge in [0.15, 0.2) is 0 Å². The van der Waals surface area contributed by atoms with E-state index in [2.05, 4.69) is 10.4 Å². The van der Waals surface area contributed by atoms with Crippen LogP contribution >= 0.6 is 0 Å². The summed E-state index contributed by atoms with van der Waals surface area (Å²) >= 11 is 0. The van der Waals surface area contributed by atoms with E-state index in [1.807, 2.05) is 5.43 Å². The van der Waals surface area contributed by atoms with Crippen LogP contribution in [-0.4, -0.2) is 35.5 Å². The summed E-state index contributed by atoms with van der Waals surface area (Å²) in [6.07, 6.45) is 1.24. The molecule has 0 radical (unpaired) electrons. The molecular formula is C18H16N4O6. The summed E-state index contributed by atoms with van der Waals surface area (Å²) in [5.41, 5.74) is 3.10. The van der Waals surface area contributed by atoms with Crippen molar-refractivity contribution < 1.29 is 24.0 Å². The number of amides is 2. The Hall–Kier alpha value is -4.08. The van der Waals surface area contributed by atoms with Crippen LogP contribution in [0.3, 0.4) is 0 Å². The van der Waals surface area contributed by atoms with Crippen LogP contribution in [0.1, 0.15) is 22.8 Å². The number of nitro groups is 1. The van der Waals surface area contributed by atoms with Gasteiger partial charge in [0.2, 0.25) is 0 Å². The van der Waals surface area contributed by atoms with Crippen LogP contribution in [0.25, 0.3) is 0 Å². The van der Waals surface area contributed by atoms with Gasteiger partial charge in [-0.15, -0.1) is 0 Å². The molecule has 0 spiro atoms. The molecule has 0 saturated heterocycles. The first-order valence-corrected chi connectivity index (χ1v) is 8.06. The van der Waals surface area contributed by atoms with Crippen molar-refractivity contribution in [2.45, 2.75) is 6.92 Å². The number of nitrogens with one attached hydrogen (secondary N) is 2. The molecule has 10 heteroatoms. The molecule has 0 aromatic heterocycles. The first kappa shape index (κ1) is 20.2. The number of hydrazone groups is 1. The van der Waals surface area contributed by atoms with E-state index in [1.54, 1.807) is 6.92 Å². The first-order valence-electron chi connectivity index (χ1n) is 8.06. The molecule has 0 aliphatic carbocycles. The SMILES string of the molecule is CCOC(=O)c1ccc(NC(=O)C(=O)N/N=C/c2ccc([N+](=O)[O-])cc2)cc1. The molecule has 144 valence electrons. The van der Waals surface area contributed by atoms with E-state index in [9.17, 15) is 24.5 Å². The largest absolute Gasteiger partial charge is 0.462 e. The lowest BCUT2D eigenvalue weighted by atomic mass is 10.2.